The van der Waals surface area contributed by atoms with E-state index >= 15 is 0 Å². The fraction of sp³-hybridized carbons (Fsp3) is 0.304. The number of nitrogens with one attached hydrogen (secondary N) is 1. The van der Waals surface area contributed by atoms with E-state index in [4.69, 9.17) is 9.47 Å². The van der Waals surface area contributed by atoms with Gasteiger partial charge in [-0.25, -0.2) is 4.90 Å². The second kappa shape index (κ2) is 6.60. The van der Waals surface area contributed by atoms with Gasteiger partial charge in [0.25, 0.3) is 5.91 Å². The van der Waals surface area contributed by atoms with Gasteiger partial charge in [-0.2, -0.15) is 0 Å². The van der Waals surface area contributed by atoms with Crippen molar-refractivity contribution in [2.24, 2.45) is 0 Å². The number of fused-ring (bicyclic) bond motifs is 4. The molecule has 1 N–H and O–H groups in total. The highest BCUT2D eigenvalue weighted by atomic mass is 16.6. The van der Waals surface area contributed by atoms with Gasteiger partial charge in [-0.1, -0.05) is 18.2 Å². The summed E-state index contributed by atoms with van der Waals surface area (Å²) in [5.41, 5.74) is 4.12. The lowest BCUT2D eigenvalue weighted by molar-refractivity contribution is -0.123. The number of amides is 2. The average molecular weight is 403 g/mol. The molecule has 152 valence electrons. The lowest BCUT2D eigenvalue weighted by Crippen LogP contribution is -2.44. The number of imide groups is 1. The van der Waals surface area contributed by atoms with Crippen LogP contribution >= 0.6 is 0 Å². The van der Waals surface area contributed by atoms with E-state index in [1.807, 2.05) is 12.1 Å². The third-order valence-electron chi connectivity index (χ3n) is 6.26. The molecule has 1 fully saturated rings. The maximum atomic E-state index is 13.2. The fourth-order valence-electron chi connectivity index (χ4n) is 4.82. The first kappa shape index (κ1) is 17.5. The monoisotopic (exact) mass is 403 g/mol. The molecule has 3 aliphatic heterocycles. The summed E-state index contributed by atoms with van der Waals surface area (Å²) in [4.78, 5) is 32.9. The van der Waals surface area contributed by atoms with Gasteiger partial charge in [-0.05, 0) is 30.2 Å². The van der Waals surface area contributed by atoms with Crippen LogP contribution in [0.4, 0.5) is 5.69 Å². The van der Waals surface area contributed by atoms with Crippen molar-refractivity contribution in [1.29, 1.82) is 0 Å². The molecule has 2 amide bonds. The van der Waals surface area contributed by atoms with E-state index in [0.717, 1.165) is 24.2 Å². The largest absolute Gasteiger partial charge is 0.486 e. The first-order valence-electron chi connectivity index (χ1n) is 10.3. The van der Waals surface area contributed by atoms with Crippen LogP contribution in [0, 0.1) is 0 Å². The molecular formula is C23H21N3O4. The van der Waals surface area contributed by atoms with Crippen LogP contribution in [-0.2, 0) is 22.6 Å². The number of aromatic nitrogens is 1. The standard InChI is InChI=1S/C23H21N3O4/c27-22-12-19(23(28)26(22)14-5-6-20-21(11-14)30-10-9-29-20)25-8-7-16-15-3-1-2-4-17(15)24-18(16)13-25/h1-6,11,19,24H,7-10,12-13H2. The van der Waals surface area contributed by atoms with Crippen molar-refractivity contribution in [3.63, 3.8) is 0 Å². The summed E-state index contributed by atoms with van der Waals surface area (Å²) in [7, 11) is 0. The predicted molar refractivity (Wildman–Crippen MR) is 111 cm³/mol. The number of anilines is 1. The molecule has 0 bridgehead atoms. The van der Waals surface area contributed by atoms with Crippen molar-refractivity contribution < 1.29 is 19.1 Å². The number of hydrogen-bond acceptors (Lipinski definition) is 5. The van der Waals surface area contributed by atoms with Crippen molar-refractivity contribution in [2.75, 3.05) is 24.7 Å². The summed E-state index contributed by atoms with van der Waals surface area (Å²) in [6.45, 7) is 2.36. The minimum absolute atomic E-state index is 0.170. The molecule has 1 atom stereocenters. The number of nitrogens with zero attached hydrogens (tertiary/aromatic N) is 2. The van der Waals surface area contributed by atoms with Gasteiger partial charge in [-0.3, -0.25) is 14.5 Å². The maximum Gasteiger partial charge on any atom is 0.251 e. The van der Waals surface area contributed by atoms with Crippen molar-refractivity contribution in [2.45, 2.75) is 25.4 Å². The Kier molecular flexibility index (Phi) is 3.86. The van der Waals surface area contributed by atoms with Gasteiger partial charge in [0.15, 0.2) is 11.5 Å². The van der Waals surface area contributed by atoms with Gasteiger partial charge in [-0.15, -0.1) is 0 Å². The van der Waals surface area contributed by atoms with Gasteiger partial charge in [0.1, 0.15) is 13.2 Å². The Labute approximate surface area is 173 Å². The molecule has 30 heavy (non-hydrogen) atoms. The number of para-hydroxylation sites is 1. The number of hydrogen-bond donors (Lipinski definition) is 1. The molecule has 2 aromatic carbocycles. The summed E-state index contributed by atoms with van der Waals surface area (Å²) >= 11 is 0. The highest BCUT2D eigenvalue weighted by Gasteiger charge is 2.44. The second-order valence-corrected chi connectivity index (χ2v) is 7.96. The molecule has 1 aromatic heterocycles. The van der Waals surface area contributed by atoms with Gasteiger partial charge in [0.2, 0.25) is 5.91 Å². The Morgan fingerprint density at radius 1 is 1.00 bits per heavy atom. The zero-order valence-corrected chi connectivity index (χ0v) is 16.4. The minimum atomic E-state index is -0.440. The van der Waals surface area contributed by atoms with Crippen LogP contribution in [0.15, 0.2) is 42.5 Å². The minimum Gasteiger partial charge on any atom is -0.486 e. The molecule has 7 heteroatoms. The van der Waals surface area contributed by atoms with Crippen LogP contribution in [0.5, 0.6) is 11.5 Å². The SMILES string of the molecule is O=C1CC(N2CCc3c([nH]c4ccccc34)C2)C(=O)N1c1ccc2c(c1)OCCO2. The number of carbonyl (C=O) groups is 2. The summed E-state index contributed by atoms with van der Waals surface area (Å²) in [6, 6.07) is 13.1. The molecule has 0 radical (unpaired) electrons. The van der Waals surface area contributed by atoms with E-state index < -0.39 is 6.04 Å². The van der Waals surface area contributed by atoms with E-state index in [2.05, 4.69) is 22.0 Å². The Hall–Kier alpha value is -3.32. The van der Waals surface area contributed by atoms with E-state index in [1.54, 1.807) is 18.2 Å². The third-order valence-corrected chi connectivity index (χ3v) is 6.26. The molecule has 6 rings (SSSR count). The summed E-state index contributed by atoms with van der Waals surface area (Å²) in [5.74, 6) is 0.867. The highest BCUT2D eigenvalue weighted by Crippen LogP contribution is 2.37. The van der Waals surface area contributed by atoms with E-state index in [0.29, 0.717) is 36.9 Å². The molecule has 3 aromatic rings. The molecule has 7 nitrogen and oxygen atoms in total. The number of aromatic amines is 1. The first-order chi connectivity index (χ1) is 14.7. The number of benzene rings is 2. The van der Waals surface area contributed by atoms with Gasteiger partial charge in [0.05, 0.1) is 18.2 Å². The van der Waals surface area contributed by atoms with Crippen LogP contribution in [0.2, 0.25) is 0 Å². The van der Waals surface area contributed by atoms with E-state index in [9.17, 15) is 9.59 Å². The van der Waals surface area contributed by atoms with Crippen LogP contribution < -0.4 is 14.4 Å². The maximum absolute atomic E-state index is 13.2. The summed E-state index contributed by atoms with van der Waals surface area (Å²) in [6.07, 6.45) is 1.06. The lowest BCUT2D eigenvalue weighted by atomic mass is 10.0. The van der Waals surface area contributed by atoms with Crippen molar-refractivity contribution >= 4 is 28.4 Å². The number of ether oxygens (including phenoxy) is 2. The molecule has 0 aliphatic carbocycles. The molecule has 1 unspecified atom stereocenters. The third kappa shape index (κ3) is 2.62. The number of rotatable bonds is 2. The molecule has 0 saturated carbocycles. The molecule has 3 aliphatic rings. The van der Waals surface area contributed by atoms with Crippen molar-refractivity contribution in [1.82, 2.24) is 9.88 Å². The average Bonchev–Trinajstić information content (AvgIpc) is 3.29. The number of H-pyrrole nitrogens is 1. The summed E-state index contributed by atoms with van der Waals surface area (Å²) in [5, 5.41) is 1.25. The van der Waals surface area contributed by atoms with Gasteiger partial charge in [0, 0.05) is 35.8 Å². The summed E-state index contributed by atoms with van der Waals surface area (Å²) < 4.78 is 11.2. The predicted octanol–water partition coefficient (Wildman–Crippen LogP) is 2.63. The zero-order valence-electron chi connectivity index (χ0n) is 16.4. The zero-order chi connectivity index (χ0) is 20.2. The van der Waals surface area contributed by atoms with Crippen LogP contribution in [0.1, 0.15) is 17.7 Å². The highest BCUT2D eigenvalue weighted by molar-refractivity contribution is 6.22. The van der Waals surface area contributed by atoms with Crippen LogP contribution in [0.3, 0.4) is 0 Å². The Morgan fingerprint density at radius 2 is 1.83 bits per heavy atom. The Morgan fingerprint density at radius 3 is 2.73 bits per heavy atom. The first-order valence-corrected chi connectivity index (χ1v) is 10.3. The van der Waals surface area contributed by atoms with Gasteiger partial charge < -0.3 is 14.5 Å². The smallest absolute Gasteiger partial charge is 0.251 e. The Balaban J connectivity index is 1.27. The molecule has 1 saturated heterocycles. The van der Waals surface area contributed by atoms with Crippen LogP contribution in [-0.4, -0.2) is 47.5 Å². The second-order valence-electron chi connectivity index (χ2n) is 7.96. The molecule has 0 spiro atoms. The Bertz CT molecular complexity index is 1180. The van der Waals surface area contributed by atoms with E-state index in [1.165, 1.54) is 15.8 Å². The van der Waals surface area contributed by atoms with Gasteiger partial charge >= 0.3 is 0 Å². The fourth-order valence-corrected chi connectivity index (χ4v) is 4.82. The van der Waals surface area contributed by atoms with Crippen LogP contribution in [0.25, 0.3) is 10.9 Å². The normalized spacial score (nSPS) is 21.3. The lowest BCUT2D eigenvalue weighted by Gasteiger charge is -2.31. The molecular weight excluding hydrogens is 382 g/mol. The van der Waals surface area contributed by atoms with Crippen molar-refractivity contribution in [3.05, 3.63) is 53.7 Å². The topological polar surface area (TPSA) is 74.9 Å². The van der Waals surface area contributed by atoms with Crippen molar-refractivity contribution in [3.8, 4) is 11.5 Å². The number of carbonyl (C=O) groups excluding carboxylic acids is 2. The molecule has 4 heterocycles. The quantitative estimate of drug-likeness (QED) is 0.666. The van der Waals surface area contributed by atoms with E-state index in [-0.39, 0.29) is 18.2 Å².